The molecule has 0 heterocycles. The highest BCUT2D eigenvalue weighted by molar-refractivity contribution is 5.84. The van der Waals surface area contributed by atoms with Crippen LogP contribution in [0.4, 0.5) is 0 Å². The van der Waals surface area contributed by atoms with Gasteiger partial charge in [0.15, 0.2) is 6.29 Å². The van der Waals surface area contributed by atoms with Crippen molar-refractivity contribution in [3.8, 4) is 0 Å². The molecular weight excluding hydrogens is 176 g/mol. The third kappa shape index (κ3) is 5.86. The van der Waals surface area contributed by atoms with E-state index in [1.807, 2.05) is 0 Å². The lowest BCUT2D eigenvalue weighted by Crippen LogP contribution is -2.24. The van der Waals surface area contributed by atoms with Gasteiger partial charge in [-0.3, -0.25) is 4.79 Å². The van der Waals surface area contributed by atoms with Crippen LogP contribution in [0.15, 0.2) is 12.2 Å². The Hall–Kier alpha value is -1.36. The third-order valence-corrected chi connectivity index (χ3v) is 1.22. The van der Waals surface area contributed by atoms with Gasteiger partial charge < -0.3 is 19.7 Å². The van der Waals surface area contributed by atoms with Gasteiger partial charge in [0.2, 0.25) is 0 Å². The molecule has 0 bridgehead atoms. The highest BCUT2D eigenvalue weighted by atomic mass is 16.6. The van der Waals surface area contributed by atoms with Crippen LogP contribution in [0.5, 0.6) is 0 Å². The van der Waals surface area contributed by atoms with E-state index >= 15 is 0 Å². The minimum Gasteiger partial charge on any atom is -0.545 e. The Bertz CT molecular complexity index is 219. The van der Waals surface area contributed by atoms with Gasteiger partial charge in [-0.15, -0.1) is 0 Å². The lowest BCUT2D eigenvalue weighted by molar-refractivity contribution is -0.299. The van der Waals surface area contributed by atoms with Crippen molar-refractivity contribution in [1.82, 2.24) is 0 Å². The number of carboxylic acids is 1. The van der Waals surface area contributed by atoms with Crippen LogP contribution in [-0.4, -0.2) is 23.3 Å². The molecule has 0 aromatic heterocycles. The molecule has 0 rings (SSSR count). The van der Waals surface area contributed by atoms with Gasteiger partial charge in [0.05, 0.1) is 5.97 Å². The molecule has 0 spiro atoms. The van der Waals surface area contributed by atoms with Gasteiger partial charge in [-0.25, -0.2) is 0 Å². The summed E-state index contributed by atoms with van der Waals surface area (Å²) in [7, 11) is 0. The van der Waals surface area contributed by atoms with Gasteiger partial charge in [-0.05, 0) is 18.9 Å². The van der Waals surface area contributed by atoms with Crippen molar-refractivity contribution in [1.29, 1.82) is 0 Å². The number of carboxylic acid groups (broad SMARTS) is 1. The fourth-order valence-electron chi connectivity index (χ4n) is 0.604. The Balaban J connectivity index is 3.71. The maximum atomic E-state index is 10.7. The van der Waals surface area contributed by atoms with Crippen LogP contribution in [0.1, 0.15) is 19.8 Å². The zero-order valence-electron chi connectivity index (χ0n) is 7.28. The molecule has 0 saturated carbocycles. The van der Waals surface area contributed by atoms with Gasteiger partial charge in [-0.1, -0.05) is 6.58 Å². The standard InChI is InChI=1S/C8H12O5/c1-5(8(11)12)3-4-7(10)13-6(2)9/h6,9H,1,3-4H2,2H3,(H,11,12)/p-1. The molecule has 13 heavy (non-hydrogen) atoms. The van der Waals surface area contributed by atoms with E-state index in [-0.39, 0.29) is 18.4 Å². The number of carbonyl (C=O) groups excluding carboxylic acids is 2. The molecule has 0 aromatic carbocycles. The van der Waals surface area contributed by atoms with Crippen LogP contribution in [0.2, 0.25) is 0 Å². The van der Waals surface area contributed by atoms with E-state index < -0.39 is 18.2 Å². The van der Waals surface area contributed by atoms with Crippen LogP contribution < -0.4 is 5.11 Å². The fraction of sp³-hybridized carbons (Fsp3) is 0.500. The van der Waals surface area contributed by atoms with E-state index in [9.17, 15) is 14.7 Å². The zero-order chi connectivity index (χ0) is 10.4. The van der Waals surface area contributed by atoms with Gasteiger partial charge in [0.25, 0.3) is 0 Å². The van der Waals surface area contributed by atoms with Crippen molar-refractivity contribution in [2.75, 3.05) is 0 Å². The van der Waals surface area contributed by atoms with E-state index in [1.54, 1.807) is 0 Å². The average Bonchev–Trinajstić information content (AvgIpc) is 1.98. The van der Waals surface area contributed by atoms with Gasteiger partial charge >= 0.3 is 5.97 Å². The molecule has 5 heteroatoms. The third-order valence-electron chi connectivity index (χ3n) is 1.22. The summed E-state index contributed by atoms with van der Waals surface area (Å²) in [4.78, 5) is 20.9. The lowest BCUT2D eigenvalue weighted by Gasteiger charge is -2.08. The Morgan fingerprint density at radius 3 is 2.46 bits per heavy atom. The van der Waals surface area contributed by atoms with Crippen molar-refractivity contribution in [3.05, 3.63) is 12.2 Å². The van der Waals surface area contributed by atoms with Crippen LogP contribution in [0.3, 0.4) is 0 Å². The summed E-state index contributed by atoms with van der Waals surface area (Å²) < 4.78 is 4.34. The molecule has 1 unspecified atom stereocenters. The largest absolute Gasteiger partial charge is 0.545 e. The first kappa shape index (κ1) is 11.6. The molecule has 1 N–H and O–H groups in total. The van der Waals surface area contributed by atoms with Crippen molar-refractivity contribution in [3.63, 3.8) is 0 Å². The first-order chi connectivity index (χ1) is 5.93. The highest BCUT2D eigenvalue weighted by Gasteiger charge is 2.07. The SMILES string of the molecule is C=C(CCC(=O)OC(C)O)C(=O)[O-]. The molecule has 0 aromatic rings. The molecule has 0 amide bonds. The predicted octanol–water partition coefficient (Wildman–Crippen LogP) is -1.05. The molecule has 0 saturated heterocycles. The Morgan fingerprint density at radius 1 is 1.54 bits per heavy atom. The van der Waals surface area contributed by atoms with Gasteiger partial charge in [-0.2, -0.15) is 0 Å². The van der Waals surface area contributed by atoms with Gasteiger partial charge in [0.1, 0.15) is 0 Å². The lowest BCUT2D eigenvalue weighted by atomic mass is 10.2. The number of hydrogen-bond donors (Lipinski definition) is 1. The number of aliphatic hydroxyl groups excluding tert-OH is 1. The summed E-state index contributed by atoms with van der Waals surface area (Å²) in [6, 6.07) is 0. The Labute approximate surface area is 75.6 Å². The van der Waals surface area contributed by atoms with Crippen molar-refractivity contribution in [2.24, 2.45) is 0 Å². The van der Waals surface area contributed by atoms with Crippen LogP contribution in [0, 0.1) is 0 Å². The van der Waals surface area contributed by atoms with Crippen molar-refractivity contribution >= 4 is 11.9 Å². The highest BCUT2D eigenvalue weighted by Crippen LogP contribution is 2.03. The molecule has 0 fully saturated rings. The second-order valence-corrected chi connectivity index (χ2v) is 2.48. The first-order valence-corrected chi connectivity index (χ1v) is 3.70. The summed E-state index contributed by atoms with van der Waals surface area (Å²) >= 11 is 0. The Kier molecular flexibility index (Phi) is 4.76. The quantitative estimate of drug-likeness (QED) is 0.337. The average molecular weight is 187 g/mol. The second kappa shape index (κ2) is 5.31. The summed E-state index contributed by atoms with van der Waals surface area (Å²) in [5.41, 5.74) is -0.164. The molecule has 1 atom stereocenters. The normalized spacial score (nSPS) is 11.8. The second-order valence-electron chi connectivity index (χ2n) is 2.48. The van der Waals surface area contributed by atoms with Crippen LogP contribution in [-0.2, 0) is 14.3 Å². The summed E-state index contributed by atoms with van der Waals surface area (Å²) in [5.74, 6) is -2.05. The minimum atomic E-state index is -1.38. The molecule has 74 valence electrons. The van der Waals surface area contributed by atoms with Crippen LogP contribution in [0.25, 0.3) is 0 Å². The van der Waals surface area contributed by atoms with E-state index in [2.05, 4.69) is 11.3 Å². The van der Waals surface area contributed by atoms with E-state index in [0.717, 1.165) is 0 Å². The number of hydrogen-bond acceptors (Lipinski definition) is 5. The summed E-state index contributed by atoms with van der Waals surface area (Å²) in [5, 5.41) is 18.7. The summed E-state index contributed by atoms with van der Waals surface area (Å²) in [6.07, 6.45) is -1.34. The van der Waals surface area contributed by atoms with Gasteiger partial charge in [0, 0.05) is 6.42 Å². The van der Waals surface area contributed by atoms with Crippen molar-refractivity contribution < 1.29 is 24.5 Å². The van der Waals surface area contributed by atoms with E-state index in [1.165, 1.54) is 6.92 Å². The number of rotatable bonds is 5. The number of ether oxygens (including phenoxy) is 1. The molecule has 0 aliphatic heterocycles. The number of aliphatic carboxylic acids is 1. The minimum absolute atomic E-state index is 0.0338. The monoisotopic (exact) mass is 187 g/mol. The predicted molar refractivity (Wildman–Crippen MR) is 41.2 cm³/mol. The maximum absolute atomic E-state index is 10.7. The molecule has 0 aliphatic rings. The number of carbonyl (C=O) groups is 2. The summed E-state index contributed by atoms with van der Waals surface area (Å²) in [6.45, 7) is 4.46. The molecule has 0 radical (unpaired) electrons. The number of esters is 1. The van der Waals surface area contributed by atoms with E-state index in [0.29, 0.717) is 0 Å². The Morgan fingerprint density at radius 2 is 2.08 bits per heavy atom. The zero-order valence-corrected chi connectivity index (χ0v) is 7.28. The molecular formula is C8H11O5-. The smallest absolute Gasteiger partial charge is 0.308 e. The molecule has 5 nitrogen and oxygen atoms in total. The maximum Gasteiger partial charge on any atom is 0.308 e. The fourth-order valence-corrected chi connectivity index (χ4v) is 0.604. The topological polar surface area (TPSA) is 86.7 Å². The van der Waals surface area contributed by atoms with Crippen molar-refractivity contribution in [2.45, 2.75) is 26.1 Å². The first-order valence-electron chi connectivity index (χ1n) is 3.70. The van der Waals surface area contributed by atoms with E-state index in [4.69, 9.17) is 5.11 Å². The number of aliphatic hydroxyl groups is 1. The van der Waals surface area contributed by atoms with Crippen LogP contribution >= 0.6 is 0 Å². The molecule has 0 aliphatic carbocycles.